The average molecular weight is 290 g/mol. The number of likely N-dealkylation sites (tertiary alicyclic amines) is 1. The molecule has 114 valence electrons. The first-order chi connectivity index (χ1) is 10.1. The van der Waals surface area contributed by atoms with Gasteiger partial charge in [-0.2, -0.15) is 0 Å². The standard InChI is InChI=1S/C16H22N2O3/c1-12-4-6-13(7-5-12)16(21)18-9-2-3-14(11-18)15(20)17-8-10-19/h4-7,14,19H,2-3,8-11H2,1H3,(H,17,20). The van der Waals surface area contributed by atoms with Gasteiger partial charge in [-0.3, -0.25) is 9.59 Å². The van der Waals surface area contributed by atoms with Gasteiger partial charge in [0.1, 0.15) is 0 Å². The van der Waals surface area contributed by atoms with Gasteiger partial charge in [0.2, 0.25) is 5.91 Å². The van der Waals surface area contributed by atoms with Crippen molar-refractivity contribution in [3.63, 3.8) is 0 Å². The molecule has 1 heterocycles. The number of carbonyl (C=O) groups is 2. The summed E-state index contributed by atoms with van der Waals surface area (Å²) in [5, 5.41) is 11.4. The Hall–Kier alpha value is -1.88. The van der Waals surface area contributed by atoms with Gasteiger partial charge in [-0.25, -0.2) is 0 Å². The Morgan fingerprint density at radius 1 is 1.33 bits per heavy atom. The largest absolute Gasteiger partial charge is 0.395 e. The number of hydrogen-bond acceptors (Lipinski definition) is 3. The van der Waals surface area contributed by atoms with Crippen LogP contribution >= 0.6 is 0 Å². The number of hydrogen-bond donors (Lipinski definition) is 2. The molecule has 0 spiro atoms. The van der Waals surface area contributed by atoms with E-state index in [9.17, 15) is 9.59 Å². The van der Waals surface area contributed by atoms with E-state index >= 15 is 0 Å². The topological polar surface area (TPSA) is 69.6 Å². The Bertz CT molecular complexity index is 499. The van der Waals surface area contributed by atoms with Gasteiger partial charge in [-0.05, 0) is 31.9 Å². The first kappa shape index (κ1) is 15.5. The Morgan fingerprint density at radius 3 is 2.71 bits per heavy atom. The van der Waals surface area contributed by atoms with Crippen LogP contribution in [-0.4, -0.2) is 48.1 Å². The second-order valence-corrected chi connectivity index (χ2v) is 5.47. The van der Waals surface area contributed by atoms with Crippen LogP contribution in [-0.2, 0) is 4.79 Å². The number of piperidine rings is 1. The number of benzene rings is 1. The molecule has 21 heavy (non-hydrogen) atoms. The molecule has 1 aliphatic rings. The van der Waals surface area contributed by atoms with Crippen LogP contribution in [0.1, 0.15) is 28.8 Å². The molecule has 2 rings (SSSR count). The molecule has 1 aromatic carbocycles. The number of carbonyl (C=O) groups excluding carboxylic acids is 2. The van der Waals surface area contributed by atoms with Crippen LogP contribution in [0.3, 0.4) is 0 Å². The predicted molar refractivity (Wildman–Crippen MR) is 79.9 cm³/mol. The van der Waals surface area contributed by atoms with E-state index in [1.54, 1.807) is 4.90 Å². The van der Waals surface area contributed by atoms with Gasteiger partial charge < -0.3 is 15.3 Å². The third kappa shape index (κ3) is 4.04. The van der Waals surface area contributed by atoms with Crippen molar-refractivity contribution in [1.82, 2.24) is 10.2 Å². The number of nitrogens with zero attached hydrogens (tertiary/aromatic N) is 1. The van der Waals surface area contributed by atoms with Gasteiger partial charge in [-0.1, -0.05) is 17.7 Å². The Balaban J connectivity index is 1.98. The van der Waals surface area contributed by atoms with Crippen LogP contribution in [0.25, 0.3) is 0 Å². The molecule has 2 amide bonds. The number of nitrogens with one attached hydrogen (secondary N) is 1. The van der Waals surface area contributed by atoms with Crippen molar-refractivity contribution in [2.24, 2.45) is 5.92 Å². The summed E-state index contributed by atoms with van der Waals surface area (Å²) < 4.78 is 0. The van der Waals surface area contributed by atoms with Crippen LogP contribution in [0.2, 0.25) is 0 Å². The van der Waals surface area contributed by atoms with Gasteiger partial charge in [-0.15, -0.1) is 0 Å². The zero-order valence-corrected chi connectivity index (χ0v) is 12.3. The molecular formula is C16H22N2O3. The summed E-state index contributed by atoms with van der Waals surface area (Å²) in [7, 11) is 0. The lowest BCUT2D eigenvalue weighted by Gasteiger charge is -2.32. The fraction of sp³-hybridized carbons (Fsp3) is 0.500. The normalized spacial score (nSPS) is 18.4. The summed E-state index contributed by atoms with van der Waals surface area (Å²) in [5.74, 6) is -0.278. The number of aryl methyl sites for hydroxylation is 1. The zero-order valence-electron chi connectivity index (χ0n) is 12.3. The summed E-state index contributed by atoms with van der Waals surface area (Å²) in [4.78, 5) is 26.1. The summed E-state index contributed by atoms with van der Waals surface area (Å²) in [6.45, 7) is 3.32. The predicted octanol–water partition coefficient (Wildman–Crippen LogP) is 0.956. The molecule has 1 saturated heterocycles. The Labute approximate surface area is 125 Å². The van der Waals surface area contributed by atoms with Crippen molar-refractivity contribution in [2.75, 3.05) is 26.2 Å². The fourth-order valence-corrected chi connectivity index (χ4v) is 2.58. The van der Waals surface area contributed by atoms with Gasteiger partial charge in [0.15, 0.2) is 0 Å². The number of rotatable bonds is 4. The summed E-state index contributed by atoms with van der Waals surface area (Å²) in [6, 6.07) is 7.49. The Kier molecular flexibility index (Phi) is 5.33. The minimum Gasteiger partial charge on any atom is -0.395 e. The van der Waals surface area contributed by atoms with Gasteiger partial charge >= 0.3 is 0 Å². The van der Waals surface area contributed by atoms with Gasteiger partial charge in [0, 0.05) is 25.2 Å². The lowest BCUT2D eigenvalue weighted by Crippen LogP contribution is -2.45. The maximum absolute atomic E-state index is 12.4. The highest BCUT2D eigenvalue weighted by atomic mass is 16.3. The minimum absolute atomic E-state index is 0.0188. The Morgan fingerprint density at radius 2 is 2.05 bits per heavy atom. The van der Waals surface area contributed by atoms with Crippen LogP contribution in [0.15, 0.2) is 24.3 Å². The molecule has 1 aromatic rings. The SMILES string of the molecule is Cc1ccc(C(=O)N2CCCC(C(=O)NCCO)C2)cc1. The second-order valence-electron chi connectivity index (χ2n) is 5.47. The molecule has 0 radical (unpaired) electrons. The van der Waals surface area contributed by atoms with Crippen molar-refractivity contribution >= 4 is 11.8 Å². The molecule has 0 saturated carbocycles. The molecule has 1 atom stereocenters. The highest BCUT2D eigenvalue weighted by Gasteiger charge is 2.28. The smallest absolute Gasteiger partial charge is 0.253 e. The lowest BCUT2D eigenvalue weighted by atomic mass is 9.96. The monoisotopic (exact) mass is 290 g/mol. The summed E-state index contributed by atoms with van der Waals surface area (Å²) >= 11 is 0. The van der Waals surface area contributed by atoms with Crippen molar-refractivity contribution in [2.45, 2.75) is 19.8 Å². The van der Waals surface area contributed by atoms with Crippen LogP contribution in [0.4, 0.5) is 0 Å². The molecule has 1 fully saturated rings. The summed E-state index contributed by atoms with van der Waals surface area (Å²) in [5.41, 5.74) is 1.78. The molecule has 0 bridgehead atoms. The molecule has 0 aliphatic carbocycles. The molecule has 0 aromatic heterocycles. The number of amides is 2. The molecule has 5 nitrogen and oxygen atoms in total. The number of aliphatic hydroxyl groups excluding tert-OH is 1. The van der Waals surface area contributed by atoms with E-state index < -0.39 is 0 Å². The lowest BCUT2D eigenvalue weighted by molar-refractivity contribution is -0.126. The van der Waals surface area contributed by atoms with Gasteiger partial charge in [0.05, 0.1) is 12.5 Å². The highest BCUT2D eigenvalue weighted by molar-refractivity contribution is 5.94. The molecule has 1 unspecified atom stereocenters. The average Bonchev–Trinajstić information content (AvgIpc) is 2.52. The quantitative estimate of drug-likeness (QED) is 0.867. The third-order valence-corrected chi connectivity index (χ3v) is 3.79. The third-order valence-electron chi connectivity index (χ3n) is 3.79. The second kappa shape index (κ2) is 7.22. The van der Waals surface area contributed by atoms with Crippen LogP contribution in [0, 0.1) is 12.8 Å². The van der Waals surface area contributed by atoms with E-state index in [1.807, 2.05) is 31.2 Å². The van der Waals surface area contributed by atoms with Crippen molar-refractivity contribution in [1.29, 1.82) is 0 Å². The number of aliphatic hydroxyl groups is 1. The minimum atomic E-state index is -0.181. The first-order valence-electron chi connectivity index (χ1n) is 7.36. The molecule has 2 N–H and O–H groups in total. The zero-order chi connectivity index (χ0) is 15.2. The van der Waals surface area contributed by atoms with E-state index in [4.69, 9.17) is 5.11 Å². The molecular weight excluding hydrogens is 268 g/mol. The van der Waals surface area contributed by atoms with E-state index in [0.717, 1.165) is 18.4 Å². The maximum Gasteiger partial charge on any atom is 0.253 e. The molecule has 5 heteroatoms. The van der Waals surface area contributed by atoms with Crippen molar-refractivity contribution in [3.05, 3.63) is 35.4 Å². The van der Waals surface area contributed by atoms with Crippen molar-refractivity contribution < 1.29 is 14.7 Å². The van der Waals surface area contributed by atoms with E-state index in [1.165, 1.54) is 0 Å². The van der Waals surface area contributed by atoms with E-state index in [0.29, 0.717) is 18.7 Å². The van der Waals surface area contributed by atoms with E-state index in [2.05, 4.69) is 5.32 Å². The van der Waals surface area contributed by atoms with Crippen LogP contribution < -0.4 is 5.32 Å². The van der Waals surface area contributed by atoms with Gasteiger partial charge in [0.25, 0.3) is 5.91 Å². The van der Waals surface area contributed by atoms with Crippen molar-refractivity contribution in [3.8, 4) is 0 Å². The van der Waals surface area contributed by atoms with Crippen LogP contribution in [0.5, 0.6) is 0 Å². The first-order valence-corrected chi connectivity index (χ1v) is 7.36. The molecule has 1 aliphatic heterocycles. The fourth-order valence-electron chi connectivity index (χ4n) is 2.58. The van der Waals surface area contributed by atoms with E-state index in [-0.39, 0.29) is 30.9 Å². The highest BCUT2D eigenvalue weighted by Crippen LogP contribution is 2.19. The summed E-state index contributed by atoms with van der Waals surface area (Å²) in [6.07, 6.45) is 1.61. The maximum atomic E-state index is 12.4.